The fourth-order valence-corrected chi connectivity index (χ4v) is 2.28. The van der Waals surface area contributed by atoms with E-state index in [0.717, 1.165) is 12.1 Å². The molecule has 3 rings (SSSR count). The van der Waals surface area contributed by atoms with Gasteiger partial charge in [0, 0.05) is 11.6 Å². The zero-order chi connectivity index (χ0) is 17.5. The van der Waals surface area contributed by atoms with Crippen molar-refractivity contribution < 1.29 is 32.2 Å². The molecule has 0 fully saturated rings. The number of hydrogen-bond donors (Lipinski definition) is 1. The third-order valence-electron chi connectivity index (χ3n) is 3.39. The standard InChI is InChI=1S/C16H10F3NO4/c1-23-9-4-2-3-8(5-9)12-7-11(16(17,18)19)10-6-13(15(21)22)24-14(10)20-12/h2-7H,1H3,(H,21,22). The number of fused-ring (bicyclic) bond motifs is 1. The van der Waals surface area contributed by atoms with Gasteiger partial charge >= 0.3 is 12.1 Å². The van der Waals surface area contributed by atoms with Crippen LogP contribution in [-0.4, -0.2) is 23.2 Å². The van der Waals surface area contributed by atoms with Gasteiger partial charge in [0.2, 0.25) is 11.5 Å². The van der Waals surface area contributed by atoms with Gasteiger partial charge in [0.15, 0.2) is 0 Å². The van der Waals surface area contributed by atoms with Crippen molar-refractivity contribution in [3.63, 3.8) is 0 Å². The number of alkyl halides is 3. The number of carboxylic acids is 1. The van der Waals surface area contributed by atoms with E-state index in [1.165, 1.54) is 13.2 Å². The average molecular weight is 337 g/mol. The minimum Gasteiger partial charge on any atom is -0.497 e. The number of halogens is 3. The molecule has 0 aliphatic carbocycles. The van der Waals surface area contributed by atoms with Gasteiger partial charge in [-0.05, 0) is 18.2 Å². The van der Waals surface area contributed by atoms with Crippen LogP contribution in [0.4, 0.5) is 13.2 Å². The highest BCUT2D eigenvalue weighted by Crippen LogP contribution is 2.38. The van der Waals surface area contributed by atoms with Gasteiger partial charge in [0.1, 0.15) is 5.75 Å². The van der Waals surface area contributed by atoms with E-state index < -0.39 is 28.9 Å². The summed E-state index contributed by atoms with van der Waals surface area (Å²) in [4.78, 5) is 15.0. The Labute approximate surface area is 133 Å². The Morgan fingerprint density at radius 2 is 2.00 bits per heavy atom. The fraction of sp³-hybridized carbons (Fsp3) is 0.125. The number of nitrogens with zero attached hydrogens (tertiary/aromatic N) is 1. The second-order valence-electron chi connectivity index (χ2n) is 4.92. The number of aromatic nitrogens is 1. The number of ether oxygens (including phenoxy) is 1. The Morgan fingerprint density at radius 1 is 1.25 bits per heavy atom. The van der Waals surface area contributed by atoms with E-state index in [9.17, 15) is 18.0 Å². The monoisotopic (exact) mass is 337 g/mol. The molecule has 0 atom stereocenters. The molecule has 24 heavy (non-hydrogen) atoms. The van der Waals surface area contributed by atoms with Crippen LogP contribution in [0.15, 0.2) is 40.8 Å². The molecule has 0 spiro atoms. The number of carbonyl (C=O) groups is 1. The van der Waals surface area contributed by atoms with Gasteiger partial charge in [-0.3, -0.25) is 0 Å². The van der Waals surface area contributed by atoms with Gasteiger partial charge in [0.25, 0.3) is 0 Å². The van der Waals surface area contributed by atoms with E-state index in [4.69, 9.17) is 14.3 Å². The van der Waals surface area contributed by atoms with E-state index in [0.29, 0.717) is 11.3 Å². The number of furan rings is 1. The van der Waals surface area contributed by atoms with Gasteiger partial charge in [0.05, 0.1) is 23.8 Å². The molecule has 2 heterocycles. The normalized spacial score (nSPS) is 11.7. The van der Waals surface area contributed by atoms with Crippen molar-refractivity contribution in [1.82, 2.24) is 4.98 Å². The van der Waals surface area contributed by atoms with Crippen molar-refractivity contribution in [1.29, 1.82) is 0 Å². The Morgan fingerprint density at radius 3 is 2.62 bits per heavy atom. The van der Waals surface area contributed by atoms with Crippen LogP contribution >= 0.6 is 0 Å². The van der Waals surface area contributed by atoms with Crippen molar-refractivity contribution in [3.05, 3.63) is 47.7 Å². The maximum absolute atomic E-state index is 13.3. The van der Waals surface area contributed by atoms with Crippen molar-refractivity contribution in [2.45, 2.75) is 6.18 Å². The number of carboxylic acid groups (broad SMARTS) is 1. The maximum Gasteiger partial charge on any atom is 0.417 e. The fourth-order valence-electron chi connectivity index (χ4n) is 2.28. The summed E-state index contributed by atoms with van der Waals surface area (Å²) in [6, 6.07) is 8.02. The number of rotatable bonds is 3. The third-order valence-corrected chi connectivity index (χ3v) is 3.39. The van der Waals surface area contributed by atoms with Crippen molar-refractivity contribution >= 4 is 17.1 Å². The Balaban J connectivity index is 2.27. The number of pyridine rings is 1. The van der Waals surface area contributed by atoms with E-state index >= 15 is 0 Å². The smallest absolute Gasteiger partial charge is 0.417 e. The maximum atomic E-state index is 13.3. The lowest BCUT2D eigenvalue weighted by Gasteiger charge is -2.10. The number of aromatic carboxylic acids is 1. The Kier molecular flexibility index (Phi) is 3.67. The largest absolute Gasteiger partial charge is 0.497 e. The topological polar surface area (TPSA) is 72.6 Å². The van der Waals surface area contributed by atoms with Gasteiger partial charge in [-0.1, -0.05) is 12.1 Å². The average Bonchev–Trinajstić information content (AvgIpc) is 2.97. The zero-order valence-corrected chi connectivity index (χ0v) is 12.2. The second kappa shape index (κ2) is 5.55. The van der Waals surface area contributed by atoms with Crippen LogP contribution in [0.1, 0.15) is 16.1 Å². The van der Waals surface area contributed by atoms with Crippen molar-refractivity contribution in [2.24, 2.45) is 0 Å². The van der Waals surface area contributed by atoms with E-state index in [1.54, 1.807) is 18.2 Å². The lowest BCUT2D eigenvalue weighted by molar-refractivity contribution is -0.136. The summed E-state index contributed by atoms with van der Waals surface area (Å²) in [6.45, 7) is 0. The number of hydrogen-bond acceptors (Lipinski definition) is 4. The van der Waals surface area contributed by atoms with Crippen LogP contribution in [0, 0.1) is 0 Å². The van der Waals surface area contributed by atoms with Crippen LogP contribution in [0.3, 0.4) is 0 Å². The molecule has 2 aromatic heterocycles. The summed E-state index contributed by atoms with van der Waals surface area (Å²) in [5.74, 6) is -1.62. The molecule has 3 aromatic rings. The highest BCUT2D eigenvalue weighted by atomic mass is 19.4. The van der Waals surface area contributed by atoms with Crippen LogP contribution in [-0.2, 0) is 6.18 Å². The Hall–Kier alpha value is -3.03. The molecule has 5 nitrogen and oxygen atoms in total. The summed E-state index contributed by atoms with van der Waals surface area (Å²) >= 11 is 0. The SMILES string of the molecule is COc1cccc(-c2cc(C(F)(F)F)c3cc(C(=O)O)oc3n2)c1. The van der Waals surface area contributed by atoms with Crippen molar-refractivity contribution in [3.8, 4) is 17.0 Å². The van der Waals surface area contributed by atoms with E-state index in [-0.39, 0.29) is 11.4 Å². The summed E-state index contributed by atoms with van der Waals surface area (Å²) in [6.07, 6.45) is -4.69. The van der Waals surface area contributed by atoms with Gasteiger partial charge in [-0.2, -0.15) is 13.2 Å². The van der Waals surface area contributed by atoms with Crippen LogP contribution in [0.2, 0.25) is 0 Å². The van der Waals surface area contributed by atoms with Gasteiger partial charge in [-0.15, -0.1) is 0 Å². The van der Waals surface area contributed by atoms with E-state index in [1.807, 2.05) is 0 Å². The first-order valence-corrected chi connectivity index (χ1v) is 6.69. The predicted octanol–water partition coefficient (Wildman–Crippen LogP) is 4.22. The molecule has 0 unspecified atom stereocenters. The summed E-state index contributed by atoms with van der Waals surface area (Å²) in [7, 11) is 1.43. The molecule has 1 aromatic carbocycles. The van der Waals surface area contributed by atoms with E-state index in [2.05, 4.69) is 4.98 Å². The van der Waals surface area contributed by atoms with Crippen LogP contribution in [0.25, 0.3) is 22.4 Å². The summed E-state index contributed by atoms with van der Waals surface area (Å²) in [5.41, 5.74) is -1.02. The third kappa shape index (κ3) is 2.78. The summed E-state index contributed by atoms with van der Waals surface area (Å²) in [5, 5.41) is 8.52. The molecule has 0 radical (unpaired) electrons. The first-order valence-electron chi connectivity index (χ1n) is 6.69. The second-order valence-corrected chi connectivity index (χ2v) is 4.92. The first kappa shape index (κ1) is 15.9. The first-order chi connectivity index (χ1) is 11.3. The lowest BCUT2D eigenvalue weighted by Crippen LogP contribution is -2.06. The molecule has 0 aliphatic rings. The molecule has 0 aliphatic heterocycles. The highest BCUT2D eigenvalue weighted by Gasteiger charge is 2.35. The lowest BCUT2D eigenvalue weighted by atomic mass is 10.1. The molecule has 0 amide bonds. The van der Waals surface area contributed by atoms with Crippen LogP contribution in [0.5, 0.6) is 5.75 Å². The number of benzene rings is 1. The molecular weight excluding hydrogens is 327 g/mol. The minimum atomic E-state index is -4.69. The van der Waals surface area contributed by atoms with Crippen LogP contribution < -0.4 is 4.74 Å². The Bertz CT molecular complexity index is 931. The predicted molar refractivity (Wildman–Crippen MR) is 78.0 cm³/mol. The van der Waals surface area contributed by atoms with Gasteiger partial charge < -0.3 is 14.3 Å². The minimum absolute atomic E-state index is 0.0000128. The molecule has 0 bridgehead atoms. The molecule has 0 saturated heterocycles. The molecule has 8 heteroatoms. The molecule has 124 valence electrons. The summed E-state index contributed by atoms with van der Waals surface area (Å²) < 4.78 is 50.0. The van der Waals surface area contributed by atoms with Crippen molar-refractivity contribution in [2.75, 3.05) is 7.11 Å². The highest BCUT2D eigenvalue weighted by molar-refractivity contribution is 5.92. The quantitative estimate of drug-likeness (QED) is 0.775. The zero-order valence-electron chi connectivity index (χ0n) is 12.2. The van der Waals surface area contributed by atoms with Gasteiger partial charge in [-0.25, -0.2) is 9.78 Å². The molecular formula is C16H10F3NO4. The molecule has 0 saturated carbocycles. The number of methoxy groups -OCH3 is 1. The molecule has 1 N–H and O–H groups in total.